The summed E-state index contributed by atoms with van der Waals surface area (Å²) in [6.07, 6.45) is 0.142. The fourth-order valence-electron chi connectivity index (χ4n) is 1.79. The van der Waals surface area contributed by atoms with Crippen molar-refractivity contribution in [3.05, 3.63) is 64.2 Å². The van der Waals surface area contributed by atoms with Gasteiger partial charge >= 0.3 is 7.60 Å². The van der Waals surface area contributed by atoms with Crippen molar-refractivity contribution >= 4 is 13.3 Å². The molecule has 0 spiro atoms. The summed E-state index contributed by atoms with van der Waals surface area (Å²) in [6.45, 7) is 3.57. The Morgan fingerprint density at radius 2 is 1.68 bits per heavy atom. The molecule has 2 rings (SSSR count). The molecule has 0 aromatic heterocycles. The molecule has 22 heavy (non-hydrogen) atoms. The minimum absolute atomic E-state index is 0.129. The molecule has 0 aliphatic heterocycles. The van der Waals surface area contributed by atoms with Gasteiger partial charge in [0.1, 0.15) is 11.5 Å². The lowest BCUT2D eigenvalue weighted by Crippen LogP contribution is -2.03. The molecule has 0 saturated heterocycles. The number of hydrogen-bond donors (Lipinski definition) is 0. The highest BCUT2D eigenvalue weighted by molar-refractivity contribution is 7.54. The molecule has 0 bridgehead atoms. The summed E-state index contributed by atoms with van der Waals surface area (Å²) in [5, 5.41) is 10.8. The number of non-ortho nitro benzene ring substituents is 1. The highest BCUT2D eigenvalue weighted by Crippen LogP contribution is 2.48. The predicted octanol–water partition coefficient (Wildman–Crippen LogP) is 4.57. The fourth-order valence-corrected chi connectivity index (χ4v) is 2.96. The minimum Gasteiger partial charge on any atom is -0.416 e. The Labute approximate surface area is 128 Å². The third-order valence-corrected chi connectivity index (χ3v) is 4.65. The van der Waals surface area contributed by atoms with Crippen LogP contribution in [-0.2, 0) is 4.57 Å². The largest absolute Gasteiger partial charge is 0.430 e. The summed E-state index contributed by atoms with van der Waals surface area (Å²) in [7, 11) is -3.44. The van der Waals surface area contributed by atoms with Gasteiger partial charge < -0.3 is 9.05 Å². The molecule has 0 fully saturated rings. The molecular formula is C15H16NO5P. The van der Waals surface area contributed by atoms with E-state index in [9.17, 15) is 14.7 Å². The molecule has 2 aromatic carbocycles. The van der Waals surface area contributed by atoms with E-state index >= 15 is 0 Å². The second-order valence-electron chi connectivity index (χ2n) is 4.68. The van der Waals surface area contributed by atoms with Crippen LogP contribution in [0.4, 0.5) is 5.69 Å². The molecule has 1 unspecified atom stereocenters. The van der Waals surface area contributed by atoms with E-state index in [1.807, 2.05) is 13.0 Å². The van der Waals surface area contributed by atoms with Crippen LogP contribution in [0.3, 0.4) is 0 Å². The molecule has 6 nitrogen and oxygen atoms in total. The Morgan fingerprint density at radius 3 is 2.23 bits per heavy atom. The Balaban J connectivity index is 2.22. The van der Waals surface area contributed by atoms with Gasteiger partial charge in [0.25, 0.3) is 5.69 Å². The number of rotatable bonds is 6. The number of aryl methyl sites for hydroxylation is 1. The third-order valence-electron chi connectivity index (χ3n) is 2.89. The first-order valence-corrected chi connectivity index (χ1v) is 8.44. The van der Waals surface area contributed by atoms with Crippen molar-refractivity contribution in [2.24, 2.45) is 0 Å². The van der Waals surface area contributed by atoms with Gasteiger partial charge in [-0.05, 0) is 30.7 Å². The zero-order valence-corrected chi connectivity index (χ0v) is 13.2. The second kappa shape index (κ2) is 6.62. The number of nitro groups is 1. The lowest BCUT2D eigenvalue weighted by Gasteiger charge is -2.18. The Kier molecular flexibility index (Phi) is 4.83. The van der Waals surface area contributed by atoms with Gasteiger partial charge in [-0.2, -0.15) is 0 Å². The summed E-state index contributed by atoms with van der Waals surface area (Å²) in [4.78, 5) is 10.2. The van der Waals surface area contributed by atoms with Crippen LogP contribution in [0.1, 0.15) is 12.5 Å². The first-order chi connectivity index (χ1) is 10.4. The monoisotopic (exact) mass is 321 g/mol. The van der Waals surface area contributed by atoms with E-state index in [4.69, 9.17) is 9.05 Å². The topological polar surface area (TPSA) is 78.7 Å². The quantitative estimate of drug-likeness (QED) is 0.442. The lowest BCUT2D eigenvalue weighted by molar-refractivity contribution is -0.384. The van der Waals surface area contributed by atoms with E-state index in [0.717, 1.165) is 5.56 Å². The standard InChI is InChI=1S/C15H16NO5P/c1-3-22(19,20-14-8-4-6-12(2)10-14)21-15-9-5-7-13(11-15)16(17)18/h4-11H,3H2,1-2H3. The van der Waals surface area contributed by atoms with Crippen molar-refractivity contribution in [2.75, 3.05) is 6.16 Å². The van der Waals surface area contributed by atoms with Crippen molar-refractivity contribution in [1.29, 1.82) is 0 Å². The van der Waals surface area contributed by atoms with E-state index < -0.39 is 12.5 Å². The van der Waals surface area contributed by atoms with Gasteiger partial charge in [0, 0.05) is 6.07 Å². The average molecular weight is 321 g/mol. The van der Waals surface area contributed by atoms with E-state index in [2.05, 4.69) is 0 Å². The lowest BCUT2D eigenvalue weighted by atomic mass is 10.2. The van der Waals surface area contributed by atoms with Crippen LogP contribution in [0, 0.1) is 17.0 Å². The van der Waals surface area contributed by atoms with Crippen LogP contribution in [0.5, 0.6) is 11.5 Å². The maximum atomic E-state index is 12.7. The van der Waals surface area contributed by atoms with Gasteiger partial charge in [-0.1, -0.05) is 25.1 Å². The molecule has 0 aliphatic rings. The normalized spacial score (nSPS) is 13.2. The maximum absolute atomic E-state index is 12.7. The fraction of sp³-hybridized carbons (Fsp3) is 0.200. The van der Waals surface area contributed by atoms with Crippen molar-refractivity contribution in [1.82, 2.24) is 0 Å². The summed E-state index contributed by atoms with van der Waals surface area (Å²) < 4.78 is 23.6. The Hall–Kier alpha value is -2.33. The van der Waals surface area contributed by atoms with Crippen LogP contribution in [0.25, 0.3) is 0 Å². The zero-order chi connectivity index (χ0) is 16.2. The van der Waals surface area contributed by atoms with Crippen molar-refractivity contribution in [3.8, 4) is 11.5 Å². The van der Waals surface area contributed by atoms with Crippen LogP contribution in [0.2, 0.25) is 0 Å². The summed E-state index contributed by atoms with van der Waals surface area (Å²) in [5.74, 6) is 0.586. The van der Waals surface area contributed by atoms with Crippen molar-refractivity contribution in [3.63, 3.8) is 0 Å². The van der Waals surface area contributed by atoms with Gasteiger partial charge in [0.2, 0.25) is 0 Å². The number of nitro benzene ring substituents is 1. The first-order valence-electron chi connectivity index (χ1n) is 6.71. The van der Waals surface area contributed by atoms with E-state index in [0.29, 0.717) is 5.75 Å². The molecule has 1 atom stereocenters. The number of benzene rings is 2. The number of hydrogen-bond acceptors (Lipinski definition) is 5. The summed E-state index contributed by atoms with van der Waals surface area (Å²) in [5.41, 5.74) is 0.839. The summed E-state index contributed by atoms with van der Waals surface area (Å²) in [6, 6.07) is 12.7. The first kappa shape index (κ1) is 16.0. The van der Waals surface area contributed by atoms with Crippen molar-refractivity contribution in [2.45, 2.75) is 13.8 Å². The molecular weight excluding hydrogens is 305 g/mol. The van der Waals surface area contributed by atoms with Gasteiger partial charge in [-0.3, -0.25) is 10.1 Å². The highest BCUT2D eigenvalue weighted by atomic mass is 31.2. The SMILES string of the molecule is CCP(=O)(Oc1cccc(C)c1)Oc1cccc([N+](=O)[O-])c1. The molecule has 0 aliphatic carbocycles. The predicted molar refractivity (Wildman–Crippen MR) is 83.7 cm³/mol. The van der Waals surface area contributed by atoms with Crippen LogP contribution < -0.4 is 9.05 Å². The molecule has 0 radical (unpaired) electrons. The van der Waals surface area contributed by atoms with E-state index in [1.165, 1.54) is 24.3 Å². The third kappa shape index (κ3) is 4.09. The Bertz CT molecular complexity index is 731. The van der Waals surface area contributed by atoms with E-state index in [-0.39, 0.29) is 17.6 Å². The molecule has 0 saturated carbocycles. The van der Waals surface area contributed by atoms with Gasteiger partial charge in [0.05, 0.1) is 17.2 Å². The minimum atomic E-state index is -3.44. The molecule has 0 heterocycles. The van der Waals surface area contributed by atoms with Gasteiger partial charge in [0.15, 0.2) is 0 Å². The van der Waals surface area contributed by atoms with Crippen LogP contribution in [-0.4, -0.2) is 11.1 Å². The maximum Gasteiger partial charge on any atom is 0.430 e. The second-order valence-corrected chi connectivity index (χ2v) is 6.90. The number of nitrogens with zero attached hydrogens (tertiary/aromatic N) is 1. The van der Waals surface area contributed by atoms with Crippen LogP contribution >= 0.6 is 7.60 Å². The summed E-state index contributed by atoms with van der Waals surface area (Å²) >= 11 is 0. The van der Waals surface area contributed by atoms with E-state index in [1.54, 1.807) is 25.1 Å². The molecule has 116 valence electrons. The average Bonchev–Trinajstić information content (AvgIpc) is 2.47. The highest BCUT2D eigenvalue weighted by Gasteiger charge is 2.26. The zero-order valence-electron chi connectivity index (χ0n) is 12.3. The molecule has 2 aromatic rings. The van der Waals surface area contributed by atoms with Gasteiger partial charge in [-0.25, -0.2) is 4.57 Å². The Morgan fingerprint density at radius 1 is 1.09 bits per heavy atom. The van der Waals surface area contributed by atoms with Crippen molar-refractivity contribution < 1.29 is 18.5 Å². The van der Waals surface area contributed by atoms with Gasteiger partial charge in [-0.15, -0.1) is 0 Å². The molecule has 0 amide bonds. The molecule has 7 heteroatoms. The smallest absolute Gasteiger partial charge is 0.416 e. The molecule has 0 N–H and O–H groups in total. The van der Waals surface area contributed by atoms with Crippen LogP contribution in [0.15, 0.2) is 48.5 Å².